The quantitative estimate of drug-likeness (QED) is 0.649. The van der Waals surface area contributed by atoms with Crippen molar-refractivity contribution in [2.75, 3.05) is 7.11 Å². The van der Waals surface area contributed by atoms with E-state index in [1.807, 2.05) is 67.6 Å². The second kappa shape index (κ2) is 7.68. The van der Waals surface area contributed by atoms with E-state index in [9.17, 15) is 10.1 Å². The molecular formula is C26H22N4O3. The Labute approximate surface area is 191 Å². The zero-order valence-corrected chi connectivity index (χ0v) is 18.2. The SMILES string of the molecule is COc1cccc([C@@H]2Oc3ccc(-c4cccc(C#N)c4)cc3C3(N=C(N)NC3=O)C2C)c1. The van der Waals surface area contributed by atoms with Crippen LogP contribution in [0.15, 0.2) is 71.7 Å². The van der Waals surface area contributed by atoms with E-state index in [0.29, 0.717) is 22.6 Å². The Balaban J connectivity index is 1.68. The first-order chi connectivity index (χ1) is 16.0. The second-order valence-corrected chi connectivity index (χ2v) is 8.22. The third-order valence-electron chi connectivity index (χ3n) is 6.39. The summed E-state index contributed by atoms with van der Waals surface area (Å²) in [7, 11) is 1.61. The van der Waals surface area contributed by atoms with Crippen LogP contribution in [0.1, 0.15) is 29.7 Å². The van der Waals surface area contributed by atoms with Gasteiger partial charge in [-0.3, -0.25) is 10.1 Å². The van der Waals surface area contributed by atoms with Gasteiger partial charge in [-0.1, -0.05) is 37.3 Å². The van der Waals surface area contributed by atoms with Crippen molar-refractivity contribution < 1.29 is 14.3 Å². The van der Waals surface area contributed by atoms with Crippen LogP contribution >= 0.6 is 0 Å². The number of hydrogen-bond acceptors (Lipinski definition) is 6. The summed E-state index contributed by atoms with van der Waals surface area (Å²) in [6.45, 7) is 1.94. The first-order valence-electron chi connectivity index (χ1n) is 10.6. The topological polar surface area (TPSA) is 110 Å². The minimum Gasteiger partial charge on any atom is -0.497 e. The number of nitrogens with zero attached hydrogens (tertiary/aromatic N) is 2. The van der Waals surface area contributed by atoms with Crippen LogP contribution < -0.4 is 20.5 Å². The van der Waals surface area contributed by atoms with Crippen LogP contribution in [0.25, 0.3) is 11.1 Å². The largest absolute Gasteiger partial charge is 0.497 e. The predicted molar refractivity (Wildman–Crippen MR) is 124 cm³/mol. The first kappa shape index (κ1) is 20.6. The highest BCUT2D eigenvalue weighted by Crippen LogP contribution is 2.53. The minimum absolute atomic E-state index is 0.0842. The Morgan fingerprint density at radius 2 is 1.91 bits per heavy atom. The van der Waals surface area contributed by atoms with Crippen molar-refractivity contribution in [3.05, 3.63) is 83.4 Å². The molecule has 2 aliphatic heterocycles. The molecule has 3 aromatic carbocycles. The van der Waals surface area contributed by atoms with Gasteiger partial charge in [-0.05, 0) is 53.1 Å². The molecule has 2 aliphatic rings. The van der Waals surface area contributed by atoms with Crippen molar-refractivity contribution >= 4 is 11.9 Å². The van der Waals surface area contributed by atoms with Crippen LogP contribution in [-0.2, 0) is 10.3 Å². The predicted octanol–water partition coefficient (Wildman–Crippen LogP) is 3.64. The number of carbonyl (C=O) groups excluding carboxylic acids is 1. The molecule has 5 rings (SSSR count). The number of fused-ring (bicyclic) bond motifs is 2. The van der Waals surface area contributed by atoms with Crippen LogP contribution in [0.3, 0.4) is 0 Å². The highest BCUT2D eigenvalue weighted by atomic mass is 16.5. The molecule has 2 heterocycles. The van der Waals surface area contributed by atoms with Crippen molar-refractivity contribution in [3.63, 3.8) is 0 Å². The molecule has 7 heteroatoms. The molecule has 7 nitrogen and oxygen atoms in total. The maximum atomic E-state index is 13.4. The highest BCUT2D eigenvalue weighted by molar-refractivity contribution is 6.08. The summed E-state index contributed by atoms with van der Waals surface area (Å²) in [5, 5.41) is 12.0. The number of nitrogens with one attached hydrogen (secondary N) is 1. The molecule has 3 aromatic rings. The Hall–Kier alpha value is -4.31. The fraction of sp³-hybridized carbons (Fsp3) is 0.192. The Morgan fingerprint density at radius 1 is 1.12 bits per heavy atom. The van der Waals surface area contributed by atoms with Crippen molar-refractivity contribution in [1.82, 2.24) is 5.32 Å². The second-order valence-electron chi connectivity index (χ2n) is 8.22. The number of guanidine groups is 1. The van der Waals surface area contributed by atoms with E-state index in [1.165, 1.54) is 0 Å². The van der Waals surface area contributed by atoms with Gasteiger partial charge in [0.1, 0.15) is 17.6 Å². The maximum absolute atomic E-state index is 13.4. The number of ether oxygens (including phenoxy) is 2. The number of rotatable bonds is 3. The zero-order chi connectivity index (χ0) is 23.2. The van der Waals surface area contributed by atoms with Crippen molar-refractivity contribution in [3.8, 4) is 28.7 Å². The normalized spacial score (nSPS) is 23.2. The number of carbonyl (C=O) groups is 1. The standard InChI is InChI=1S/C26H22N4O3/c1-15-23(19-7-4-8-20(12-19)32-2)33-22-10-9-18(17-6-3-5-16(11-17)14-27)13-21(22)26(15)24(31)29-25(28)30-26/h3-13,15,23H,1-2H3,(H3,28,29,30,31)/t15?,23-,26?/m1/s1. The third-order valence-corrected chi connectivity index (χ3v) is 6.39. The van der Waals surface area contributed by atoms with E-state index in [4.69, 9.17) is 15.2 Å². The molecule has 3 N–H and O–H groups in total. The molecule has 0 bridgehead atoms. The monoisotopic (exact) mass is 438 g/mol. The van der Waals surface area contributed by atoms with Gasteiger partial charge < -0.3 is 15.2 Å². The average molecular weight is 438 g/mol. The zero-order valence-electron chi connectivity index (χ0n) is 18.2. The molecule has 1 spiro atoms. The Morgan fingerprint density at radius 3 is 2.64 bits per heavy atom. The first-order valence-corrected chi connectivity index (χ1v) is 10.6. The van der Waals surface area contributed by atoms with Crippen LogP contribution in [0, 0.1) is 17.2 Å². The number of nitrogens with two attached hydrogens (primary N) is 1. The fourth-order valence-corrected chi connectivity index (χ4v) is 4.73. The van der Waals surface area contributed by atoms with E-state index in [2.05, 4.69) is 16.4 Å². The molecule has 0 aromatic heterocycles. The summed E-state index contributed by atoms with van der Waals surface area (Å²) in [5.41, 5.74) is 8.55. The highest BCUT2D eigenvalue weighted by Gasteiger charge is 2.56. The number of amides is 1. The molecule has 0 radical (unpaired) electrons. The fourth-order valence-electron chi connectivity index (χ4n) is 4.73. The van der Waals surface area contributed by atoms with Gasteiger partial charge in [0.25, 0.3) is 5.91 Å². The molecule has 0 fully saturated rings. The molecule has 0 saturated carbocycles. The molecule has 2 unspecified atom stereocenters. The van der Waals surface area contributed by atoms with Gasteiger partial charge in [0.15, 0.2) is 11.5 Å². The van der Waals surface area contributed by atoms with Crippen molar-refractivity contribution in [2.24, 2.45) is 16.6 Å². The maximum Gasteiger partial charge on any atom is 0.259 e. The number of benzene rings is 3. The number of methoxy groups -OCH3 is 1. The van der Waals surface area contributed by atoms with E-state index in [-0.39, 0.29) is 17.8 Å². The molecule has 3 atom stereocenters. The van der Waals surface area contributed by atoms with E-state index in [0.717, 1.165) is 16.7 Å². The van der Waals surface area contributed by atoms with Gasteiger partial charge in [0.2, 0.25) is 0 Å². The Bertz CT molecular complexity index is 1340. The average Bonchev–Trinajstić information content (AvgIpc) is 3.15. The molecule has 0 aliphatic carbocycles. The van der Waals surface area contributed by atoms with Crippen LogP contribution in [-0.4, -0.2) is 19.0 Å². The number of nitriles is 1. The summed E-state index contributed by atoms with van der Waals surface area (Å²) >= 11 is 0. The lowest BCUT2D eigenvalue weighted by atomic mass is 9.72. The molecule has 33 heavy (non-hydrogen) atoms. The number of aliphatic imine (C=N–C) groups is 1. The van der Waals surface area contributed by atoms with E-state index < -0.39 is 11.6 Å². The van der Waals surface area contributed by atoms with E-state index >= 15 is 0 Å². The summed E-state index contributed by atoms with van der Waals surface area (Å²) in [5.74, 6) is 0.706. The van der Waals surface area contributed by atoms with Crippen LogP contribution in [0.4, 0.5) is 0 Å². The molecule has 1 amide bonds. The van der Waals surface area contributed by atoms with Gasteiger partial charge in [-0.15, -0.1) is 0 Å². The lowest BCUT2D eigenvalue weighted by molar-refractivity contribution is -0.128. The van der Waals surface area contributed by atoms with Gasteiger partial charge >= 0.3 is 0 Å². The number of hydrogen-bond donors (Lipinski definition) is 2. The van der Waals surface area contributed by atoms with Gasteiger partial charge in [-0.25, -0.2) is 4.99 Å². The molecule has 164 valence electrons. The molecule has 0 saturated heterocycles. The van der Waals surface area contributed by atoms with Crippen LogP contribution in [0.5, 0.6) is 11.5 Å². The summed E-state index contributed by atoms with van der Waals surface area (Å²) < 4.78 is 11.8. The summed E-state index contributed by atoms with van der Waals surface area (Å²) in [6, 6.07) is 22.8. The van der Waals surface area contributed by atoms with Gasteiger partial charge in [0, 0.05) is 11.5 Å². The van der Waals surface area contributed by atoms with E-state index in [1.54, 1.807) is 13.2 Å². The lowest BCUT2D eigenvalue weighted by Gasteiger charge is -2.42. The summed E-state index contributed by atoms with van der Waals surface area (Å²) in [6.07, 6.45) is -0.444. The van der Waals surface area contributed by atoms with Crippen LogP contribution in [0.2, 0.25) is 0 Å². The van der Waals surface area contributed by atoms with Crippen molar-refractivity contribution in [2.45, 2.75) is 18.6 Å². The van der Waals surface area contributed by atoms with Gasteiger partial charge in [-0.2, -0.15) is 5.26 Å². The third kappa shape index (κ3) is 3.19. The summed E-state index contributed by atoms with van der Waals surface area (Å²) in [4.78, 5) is 18.0. The molecular weight excluding hydrogens is 416 g/mol. The van der Waals surface area contributed by atoms with Gasteiger partial charge in [0.05, 0.1) is 18.7 Å². The van der Waals surface area contributed by atoms with Crippen molar-refractivity contribution in [1.29, 1.82) is 5.26 Å². The smallest absolute Gasteiger partial charge is 0.259 e. The minimum atomic E-state index is -1.24. The lowest BCUT2D eigenvalue weighted by Crippen LogP contribution is -2.48. The Kier molecular flexibility index (Phi) is 4.79.